The number of aliphatic hydroxyl groups excluding tert-OH is 1. The number of aliphatic hydroxyl groups is 1. The van der Waals surface area contributed by atoms with Gasteiger partial charge in [0.25, 0.3) is 0 Å². The smallest absolute Gasteiger partial charge is 0.360 e. The molecule has 1 rings (SSSR count). The number of hydrogen-bond donors (Lipinski definition) is 1. The summed E-state index contributed by atoms with van der Waals surface area (Å²) < 4.78 is 0. The third-order valence-corrected chi connectivity index (χ3v) is 1.52. The fourth-order valence-electron chi connectivity index (χ4n) is 0.788. The normalized spacial score (nSPS) is 17.9. The molecule has 5 heteroatoms. The lowest BCUT2D eigenvalue weighted by atomic mass is 10.3. The molecular weight excluding hydrogens is 186 g/mol. The molecule has 0 radical (unpaired) electrons. The van der Waals surface area contributed by atoms with E-state index in [1.165, 1.54) is 25.4 Å². The summed E-state index contributed by atoms with van der Waals surface area (Å²) in [6, 6.07) is 0. The topological polar surface area (TPSA) is 66.8 Å². The van der Waals surface area contributed by atoms with Crippen molar-refractivity contribution in [3.8, 4) is 0 Å². The first-order valence-corrected chi connectivity index (χ1v) is 4.15. The van der Waals surface area contributed by atoms with Crippen LogP contribution >= 0.6 is 0 Å². The molecule has 0 bridgehead atoms. The van der Waals surface area contributed by atoms with Gasteiger partial charge in [-0.15, -0.1) is 0 Å². The van der Waals surface area contributed by atoms with Crippen LogP contribution in [0.3, 0.4) is 0 Å². The molecule has 0 aliphatic carbocycles. The monoisotopic (exact) mass is 197 g/mol. The van der Waals surface area contributed by atoms with Crippen LogP contribution in [0.5, 0.6) is 0 Å². The highest BCUT2D eigenvalue weighted by molar-refractivity contribution is 5.90. The van der Waals surface area contributed by atoms with Crippen molar-refractivity contribution in [3.05, 3.63) is 24.6 Å². The Hall–Kier alpha value is -1.62. The zero-order valence-corrected chi connectivity index (χ0v) is 7.71. The largest absolute Gasteiger partial charge is 0.382 e. The summed E-state index contributed by atoms with van der Waals surface area (Å²) in [5.41, 5.74) is 0. The Morgan fingerprint density at radius 2 is 2.36 bits per heavy atom. The van der Waals surface area contributed by atoms with Gasteiger partial charge in [-0.2, -0.15) is 5.06 Å². The van der Waals surface area contributed by atoms with Gasteiger partial charge < -0.3 is 9.94 Å². The Kier molecular flexibility index (Phi) is 3.41. The minimum Gasteiger partial charge on any atom is -0.382 e. The molecule has 0 aromatic heterocycles. The maximum atomic E-state index is 10.9. The fraction of sp³-hybridized carbons (Fsp3) is 0.333. The lowest BCUT2D eigenvalue weighted by Crippen LogP contribution is -2.25. The molecule has 14 heavy (non-hydrogen) atoms. The van der Waals surface area contributed by atoms with Crippen LogP contribution in [0.25, 0.3) is 0 Å². The molecule has 1 atom stereocenters. The quantitative estimate of drug-likeness (QED) is 0.681. The average molecular weight is 197 g/mol. The summed E-state index contributed by atoms with van der Waals surface area (Å²) in [5.74, 6) is -0.842. The van der Waals surface area contributed by atoms with Crippen molar-refractivity contribution in [2.75, 3.05) is 0 Å². The van der Waals surface area contributed by atoms with Crippen molar-refractivity contribution in [1.82, 2.24) is 5.06 Å². The Balaban J connectivity index is 2.57. The lowest BCUT2D eigenvalue weighted by Gasteiger charge is -2.14. The molecule has 1 aliphatic heterocycles. The lowest BCUT2D eigenvalue weighted by molar-refractivity contribution is -0.178. The van der Waals surface area contributed by atoms with Crippen molar-refractivity contribution in [2.45, 2.75) is 19.4 Å². The molecule has 0 saturated carbocycles. The minimum absolute atomic E-state index is 0.0724. The second kappa shape index (κ2) is 4.57. The summed E-state index contributed by atoms with van der Waals surface area (Å²) in [4.78, 5) is 26.5. The third-order valence-electron chi connectivity index (χ3n) is 1.52. The van der Waals surface area contributed by atoms with Crippen molar-refractivity contribution < 1.29 is 19.5 Å². The minimum atomic E-state index is -1.18. The summed E-state index contributed by atoms with van der Waals surface area (Å²) in [5, 5.41) is 9.94. The molecule has 0 amide bonds. The van der Waals surface area contributed by atoms with E-state index in [9.17, 15) is 9.59 Å². The second-order valence-corrected chi connectivity index (χ2v) is 2.82. The van der Waals surface area contributed by atoms with Gasteiger partial charge >= 0.3 is 5.97 Å². The third kappa shape index (κ3) is 3.02. The Labute approximate surface area is 81.2 Å². The average Bonchev–Trinajstić information content (AvgIpc) is 2.31. The zero-order chi connectivity index (χ0) is 10.6. The van der Waals surface area contributed by atoms with Crippen LogP contribution < -0.4 is 0 Å². The highest BCUT2D eigenvalue weighted by Gasteiger charge is 2.13. The first-order valence-electron chi connectivity index (χ1n) is 4.15. The molecule has 0 aromatic rings. The SMILES string of the molecule is CC(O)C(=O)ON1C=CCC(=O)C=C1. The van der Waals surface area contributed by atoms with Crippen LogP contribution in [0.4, 0.5) is 0 Å². The number of carbonyl (C=O) groups excluding carboxylic acids is 2. The van der Waals surface area contributed by atoms with Crippen molar-refractivity contribution >= 4 is 11.8 Å². The van der Waals surface area contributed by atoms with Crippen LogP contribution in [0.2, 0.25) is 0 Å². The number of carbonyl (C=O) groups is 2. The van der Waals surface area contributed by atoms with E-state index in [4.69, 9.17) is 9.94 Å². The highest BCUT2D eigenvalue weighted by atomic mass is 16.7. The summed E-state index contributed by atoms with van der Waals surface area (Å²) in [6.45, 7) is 1.30. The van der Waals surface area contributed by atoms with Crippen LogP contribution in [0.1, 0.15) is 13.3 Å². The van der Waals surface area contributed by atoms with Gasteiger partial charge in [0.05, 0.1) is 0 Å². The molecule has 0 spiro atoms. The first-order chi connectivity index (χ1) is 6.59. The molecule has 1 unspecified atom stereocenters. The van der Waals surface area contributed by atoms with Gasteiger partial charge in [-0.1, -0.05) is 6.08 Å². The molecule has 0 saturated heterocycles. The number of ketones is 1. The standard InChI is InChI=1S/C9H11NO4/c1-7(11)9(13)14-10-5-2-3-8(12)4-6-10/h2,4-7,11H,3H2,1H3. The molecule has 0 aromatic carbocycles. The number of hydroxylamine groups is 2. The Morgan fingerprint density at radius 3 is 3.00 bits per heavy atom. The number of hydrogen-bond acceptors (Lipinski definition) is 5. The van der Waals surface area contributed by atoms with E-state index in [1.54, 1.807) is 6.08 Å². The van der Waals surface area contributed by atoms with Crippen molar-refractivity contribution in [2.24, 2.45) is 0 Å². The van der Waals surface area contributed by atoms with E-state index < -0.39 is 12.1 Å². The van der Waals surface area contributed by atoms with Gasteiger partial charge in [-0.3, -0.25) is 4.79 Å². The predicted molar refractivity (Wildman–Crippen MR) is 47.5 cm³/mol. The van der Waals surface area contributed by atoms with Gasteiger partial charge in [0, 0.05) is 24.9 Å². The molecular formula is C9H11NO4. The van der Waals surface area contributed by atoms with E-state index in [-0.39, 0.29) is 12.2 Å². The van der Waals surface area contributed by atoms with E-state index in [1.807, 2.05) is 0 Å². The summed E-state index contributed by atoms with van der Waals surface area (Å²) >= 11 is 0. The number of rotatable bonds is 2. The first kappa shape index (κ1) is 10.5. The molecule has 1 heterocycles. The van der Waals surface area contributed by atoms with E-state index >= 15 is 0 Å². The summed E-state index contributed by atoms with van der Waals surface area (Å²) in [6.07, 6.45) is 4.73. The predicted octanol–water partition coefficient (Wildman–Crippen LogP) is 0.128. The van der Waals surface area contributed by atoms with Gasteiger partial charge in [-0.05, 0) is 6.92 Å². The van der Waals surface area contributed by atoms with Crippen molar-refractivity contribution in [1.29, 1.82) is 0 Å². The molecule has 1 N–H and O–H groups in total. The van der Waals surface area contributed by atoms with Crippen molar-refractivity contribution in [3.63, 3.8) is 0 Å². The molecule has 5 nitrogen and oxygen atoms in total. The van der Waals surface area contributed by atoms with Crippen LogP contribution in [0.15, 0.2) is 24.6 Å². The van der Waals surface area contributed by atoms with Gasteiger partial charge in [0.15, 0.2) is 11.9 Å². The molecule has 1 aliphatic rings. The fourth-order valence-corrected chi connectivity index (χ4v) is 0.788. The van der Waals surface area contributed by atoms with Crippen LogP contribution in [-0.4, -0.2) is 28.0 Å². The second-order valence-electron chi connectivity index (χ2n) is 2.82. The maximum absolute atomic E-state index is 10.9. The number of allylic oxidation sites excluding steroid dienone is 2. The zero-order valence-electron chi connectivity index (χ0n) is 7.71. The highest BCUT2D eigenvalue weighted by Crippen LogP contribution is 2.03. The Morgan fingerprint density at radius 1 is 1.64 bits per heavy atom. The van der Waals surface area contributed by atoms with E-state index in [0.29, 0.717) is 0 Å². The Bertz CT molecular complexity index is 293. The van der Waals surface area contributed by atoms with Crippen LogP contribution in [-0.2, 0) is 14.4 Å². The molecule has 0 fully saturated rings. The van der Waals surface area contributed by atoms with Crippen LogP contribution in [0, 0.1) is 0 Å². The van der Waals surface area contributed by atoms with E-state index in [2.05, 4.69) is 0 Å². The summed E-state index contributed by atoms with van der Waals surface area (Å²) in [7, 11) is 0. The maximum Gasteiger partial charge on any atom is 0.360 e. The van der Waals surface area contributed by atoms with E-state index in [0.717, 1.165) is 5.06 Å². The van der Waals surface area contributed by atoms with Gasteiger partial charge in [0.2, 0.25) is 0 Å². The molecule has 76 valence electrons. The number of nitrogens with zero attached hydrogens (tertiary/aromatic N) is 1. The van der Waals surface area contributed by atoms with Gasteiger partial charge in [-0.25, -0.2) is 4.79 Å². The van der Waals surface area contributed by atoms with Gasteiger partial charge in [0.1, 0.15) is 0 Å².